The summed E-state index contributed by atoms with van der Waals surface area (Å²) in [7, 11) is 1.62. The molecule has 0 bridgehead atoms. The van der Waals surface area contributed by atoms with Crippen molar-refractivity contribution in [1.82, 2.24) is 15.0 Å². The van der Waals surface area contributed by atoms with Crippen molar-refractivity contribution in [3.8, 4) is 17.1 Å². The standard InChI is InChI=1S/C21H22N4O3S/c1-27-16-10-8-14(9-11-16)19-23-20(28-24-19)18-7-4-12-25(18)21(26)22-15-5-3-6-17(13-15)29-2/h3,5-6,8-11,13,18H,4,7,12H2,1-2H3,(H,22,26). The molecule has 2 heterocycles. The van der Waals surface area contributed by atoms with Crippen LogP contribution in [-0.4, -0.2) is 41.0 Å². The van der Waals surface area contributed by atoms with E-state index in [9.17, 15) is 4.79 Å². The van der Waals surface area contributed by atoms with Gasteiger partial charge in [-0.2, -0.15) is 4.98 Å². The predicted octanol–water partition coefficient (Wildman–Crippen LogP) is 4.84. The molecular formula is C21H22N4O3S. The minimum Gasteiger partial charge on any atom is -0.497 e. The van der Waals surface area contributed by atoms with E-state index in [1.165, 1.54) is 0 Å². The number of rotatable bonds is 5. The number of nitrogens with zero attached hydrogens (tertiary/aromatic N) is 3. The van der Waals surface area contributed by atoms with Crippen LogP contribution in [0.4, 0.5) is 10.5 Å². The molecule has 0 spiro atoms. The molecule has 1 aliphatic heterocycles. The Hall–Kier alpha value is -3.00. The maximum Gasteiger partial charge on any atom is 0.322 e. The Kier molecular flexibility index (Phi) is 5.71. The first kappa shape index (κ1) is 19.3. The van der Waals surface area contributed by atoms with E-state index in [0.29, 0.717) is 18.3 Å². The van der Waals surface area contributed by atoms with Gasteiger partial charge in [0.1, 0.15) is 11.8 Å². The number of ether oxygens (including phenoxy) is 1. The summed E-state index contributed by atoms with van der Waals surface area (Å²) in [5, 5.41) is 7.08. The van der Waals surface area contributed by atoms with Crippen molar-refractivity contribution < 1.29 is 14.1 Å². The maximum absolute atomic E-state index is 12.8. The molecule has 1 saturated heterocycles. The third-order valence-electron chi connectivity index (χ3n) is 4.91. The zero-order chi connectivity index (χ0) is 20.2. The molecule has 1 aromatic heterocycles. The van der Waals surface area contributed by atoms with Crippen LogP contribution in [0.15, 0.2) is 57.9 Å². The Bertz CT molecular complexity index is 990. The molecule has 0 radical (unpaired) electrons. The summed E-state index contributed by atoms with van der Waals surface area (Å²) < 4.78 is 10.7. The van der Waals surface area contributed by atoms with Crippen LogP contribution in [0.3, 0.4) is 0 Å². The molecule has 1 aliphatic rings. The summed E-state index contributed by atoms with van der Waals surface area (Å²) in [6.07, 6.45) is 3.69. The van der Waals surface area contributed by atoms with Gasteiger partial charge in [0, 0.05) is 22.7 Å². The fourth-order valence-electron chi connectivity index (χ4n) is 3.39. The van der Waals surface area contributed by atoms with Gasteiger partial charge in [0.2, 0.25) is 11.7 Å². The van der Waals surface area contributed by atoms with E-state index < -0.39 is 0 Å². The van der Waals surface area contributed by atoms with Crippen LogP contribution >= 0.6 is 11.8 Å². The molecule has 1 fully saturated rings. The van der Waals surface area contributed by atoms with Gasteiger partial charge in [0.15, 0.2) is 0 Å². The van der Waals surface area contributed by atoms with Gasteiger partial charge in [-0.25, -0.2) is 4.79 Å². The summed E-state index contributed by atoms with van der Waals surface area (Å²) in [6.45, 7) is 0.652. The average Bonchev–Trinajstić information content (AvgIpc) is 3.43. The van der Waals surface area contributed by atoms with E-state index in [-0.39, 0.29) is 12.1 Å². The fraction of sp³-hybridized carbons (Fsp3) is 0.286. The highest BCUT2D eigenvalue weighted by Crippen LogP contribution is 2.33. The fourth-order valence-corrected chi connectivity index (χ4v) is 3.85. The zero-order valence-electron chi connectivity index (χ0n) is 16.3. The number of amides is 2. The first-order valence-corrected chi connectivity index (χ1v) is 10.6. The Balaban J connectivity index is 1.49. The molecule has 8 heteroatoms. The SMILES string of the molecule is COc1ccc(-c2noc(C3CCCN3C(=O)Nc3cccc(SC)c3)n2)cc1. The number of hydrogen-bond donors (Lipinski definition) is 1. The molecular weight excluding hydrogens is 388 g/mol. The van der Waals surface area contributed by atoms with Crippen molar-refractivity contribution in [2.24, 2.45) is 0 Å². The first-order chi connectivity index (χ1) is 14.2. The molecule has 1 unspecified atom stereocenters. The smallest absolute Gasteiger partial charge is 0.322 e. The van der Waals surface area contributed by atoms with E-state index in [4.69, 9.17) is 9.26 Å². The number of aromatic nitrogens is 2. The minimum absolute atomic E-state index is 0.157. The predicted molar refractivity (Wildman–Crippen MR) is 112 cm³/mol. The summed E-state index contributed by atoms with van der Waals surface area (Å²) in [6, 6.07) is 14.9. The number of carbonyl (C=O) groups excluding carboxylic acids is 1. The van der Waals surface area contributed by atoms with Crippen LogP contribution in [0.1, 0.15) is 24.8 Å². The van der Waals surface area contributed by atoms with Crippen LogP contribution in [0, 0.1) is 0 Å². The van der Waals surface area contributed by atoms with Gasteiger partial charge < -0.3 is 19.5 Å². The van der Waals surface area contributed by atoms with Crippen molar-refractivity contribution in [2.45, 2.75) is 23.8 Å². The summed E-state index contributed by atoms with van der Waals surface area (Å²) in [5.41, 5.74) is 1.61. The molecule has 0 saturated carbocycles. The van der Waals surface area contributed by atoms with Crippen molar-refractivity contribution in [3.05, 3.63) is 54.4 Å². The Morgan fingerprint density at radius 1 is 1.28 bits per heavy atom. The number of methoxy groups -OCH3 is 1. The number of urea groups is 1. The average molecular weight is 410 g/mol. The number of nitrogens with one attached hydrogen (secondary N) is 1. The van der Waals surface area contributed by atoms with Crippen molar-refractivity contribution in [3.63, 3.8) is 0 Å². The highest BCUT2D eigenvalue weighted by Gasteiger charge is 2.34. The maximum atomic E-state index is 12.8. The van der Waals surface area contributed by atoms with Crippen molar-refractivity contribution >= 4 is 23.5 Å². The van der Waals surface area contributed by atoms with E-state index in [1.807, 2.05) is 54.8 Å². The molecule has 1 N–H and O–H groups in total. The summed E-state index contributed by atoms with van der Waals surface area (Å²) in [5.74, 6) is 1.73. The monoisotopic (exact) mass is 410 g/mol. The Morgan fingerprint density at radius 2 is 2.10 bits per heavy atom. The van der Waals surface area contributed by atoms with Crippen LogP contribution in [0.25, 0.3) is 11.4 Å². The van der Waals surface area contributed by atoms with Crippen molar-refractivity contribution in [1.29, 1.82) is 0 Å². The summed E-state index contributed by atoms with van der Waals surface area (Å²) >= 11 is 1.64. The number of carbonyl (C=O) groups is 1. The molecule has 4 rings (SSSR count). The van der Waals surface area contributed by atoms with Crippen LogP contribution < -0.4 is 10.1 Å². The van der Waals surface area contributed by atoms with Gasteiger partial charge >= 0.3 is 6.03 Å². The second-order valence-corrected chi connectivity index (χ2v) is 7.58. The van der Waals surface area contributed by atoms with Crippen LogP contribution in [0.5, 0.6) is 5.75 Å². The van der Waals surface area contributed by atoms with E-state index >= 15 is 0 Å². The molecule has 3 aromatic rings. The van der Waals surface area contributed by atoms with E-state index in [1.54, 1.807) is 23.8 Å². The van der Waals surface area contributed by atoms with E-state index in [0.717, 1.165) is 34.7 Å². The lowest BCUT2D eigenvalue weighted by Gasteiger charge is -2.22. The number of benzene rings is 2. The lowest BCUT2D eigenvalue weighted by molar-refractivity contribution is 0.193. The first-order valence-electron chi connectivity index (χ1n) is 9.37. The molecule has 7 nitrogen and oxygen atoms in total. The largest absolute Gasteiger partial charge is 0.497 e. The highest BCUT2D eigenvalue weighted by molar-refractivity contribution is 7.98. The van der Waals surface area contributed by atoms with Crippen LogP contribution in [-0.2, 0) is 0 Å². The molecule has 29 heavy (non-hydrogen) atoms. The molecule has 2 aromatic carbocycles. The van der Waals surface area contributed by atoms with Crippen LogP contribution in [0.2, 0.25) is 0 Å². The quantitative estimate of drug-likeness (QED) is 0.607. The Labute approximate surface area is 173 Å². The van der Waals surface area contributed by atoms with Gasteiger partial charge in [-0.1, -0.05) is 11.2 Å². The summed E-state index contributed by atoms with van der Waals surface area (Å²) in [4.78, 5) is 20.3. The van der Waals surface area contributed by atoms with Gasteiger partial charge in [-0.3, -0.25) is 0 Å². The van der Waals surface area contributed by atoms with Gasteiger partial charge in [0.05, 0.1) is 7.11 Å². The molecule has 1 atom stereocenters. The molecule has 2 amide bonds. The highest BCUT2D eigenvalue weighted by atomic mass is 32.2. The lowest BCUT2D eigenvalue weighted by atomic mass is 10.2. The van der Waals surface area contributed by atoms with Crippen molar-refractivity contribution in [2.75, 3.05) is 25.2 Å². The number of hydrogen-bond acceptors (Lipinski definition) is 6. The normalized spacial score (nSPS) is 16.1. The number of thioether (sulfide) groups is 1. The second-order valence-electron chi connectivity index (χ2n) is 6.70. The minimum atomic E-state index is -0.224. The van der Waals surface area contributed by atoms with E-state index in [2.05, 4.69) is 15.5 Å². The second kappa shape index (κ2) is 8.57. The topological polar surface area (TPSA) is 80.5 Å². The molecule has 0 aliphatic carbocycles. The number of anilines is 1. The Morgan fingerprint density at radius 3 is 2.86 bits per heavy atom. The third kappa shape index (κ3) is 4.22. The zero-order valence-corrected chi connectivity index (χ0v) is 17.1. The molecule has 150 valence electrons. The van der Waals surface area contributed by atoms with Gasteiger partial charge in [0.25, 0.3) is 0 Å². The lowest BCUT2D eigenvalue weighted by Crippen LogP contribution is -2.34. The van der Waals surface area contributed by atoms with Gasteiger partial charge in [-0.15, -0.1) is 11.8 Å². The van der Waals surface area contributed by atoms with Gasteiger partial charge in [-0.05, 0) is 61.6 Å². The third-order valence-corrected chi connectivity index (χ3v) is 5.64. The number of likely N-dealkylation sites (tertiary alicyclic amines) is 1.